The summed E-state index contributed by atoms with van der Waals surface area (Å²) >= 11 is 0. The lowest BCUT2D eigenvalue weighted by atomic mass is 10.2. The average molecular weight is 268 g/mol. The van der Waals surface area contributed by atoms with Gasteiger partial charge >= 0.3 is 0 Å². The lowest BCUT2D eigenvalue weighted by Gasteiger charge is -2.00. The summed E-state index contributed by atoms with van der Waals surface area (Å²) < 4.78 is 1.67. The van der Waals surface area contributed by atoms with Crippen LogP contribution in [0.3, 0.4) is 0 Å². The Hall–Kier alpha value is -3.09. The molecule has 7 heteroatoms. The highest BCUT2D eigenvalue weighted by Crippen LogP contribution is 2.23. The van der Waals surface area contributed by atoms with E-state index in [9.17, 15) is 14.9 Å². The van der Waals surface area contributed by atoms with Gasteiger partial charge in [-0.25, -0.2) is 0 Å². The molecule has 20 heavy (non-hydrogen) atoms. The number of carbonyl (C=O) groups excluding carboxylic acids is 1. The molecule has 0 fully saturated rings. The van der Waals surface area contributed by atoms with Gasteiger partial charge in [0.15, 0.2) is 11.5 Å². The number of hydrogen-bond donors (Lipinski definition) is 0. The third kappa shape index (κ3) is 1.91. The lowest BCUT2D eigenvalue weighted by Crippen LogP contribution is -1.92. The van der Waals surface area contributed by atoms with Gasteiger partial charge in [-0.15, -0.1) is 10.2 Å². The Bertz CT molecular complexity index is 825. The molecule has 7 nitrogen and oxygen atoms in total. The Balaban J connectivity index is 2.17. The largest absolute Gasteiger partial charge is 0.298 e. The normalized spacial score (nSPS) is 10.6. The Kier molecular flexibility index (Phi) is 2.72. The monoisotopic (exact) mass is 268 g/mol. The topological polar surface area (TPSA) is 90.4 Å². The van der Waals surface area contributed by atoms with Gasteiger partial charge in [0.05, 0.1) is 4.92 Å². The minimum Gasteiger partial charge on any atom is -0.298 e. The highest BCUT2D eigenvalue weighted by molar-refractivity contribution is 5.77. The fraction of sp³-hybridized carbons (Fsp3) is 0. The number of non-ortho nitro benzene ring substituents is 1. The van der Waals surface area contributed by atoms with Crippen molar-refractivity contribution in [1.82, 2.24) is 14.6 Å². The first-order valence-corrected chi connectivity index (χ1v) is 5.74. The van der Waals surface area contributed by atoms with Crippen LogP contribution < -0.4 is 0 Å². The third-order valence-corrected chi connectivity index (χ3v) is 2.89. The molecule has 0 spiro atoms. The van der Waals surface area contributed by atoms with Crippen LogP contribution in [0.4, 0.5) is 5.69 Å². The highest BCUT2D eigenvalue weighted by atomic mass is 16.6. The van der Waals surface area contributed by atoms with E-state index in [2.05, 4.69) is 10.2 Å². The summed E-state index contributed by atoms with van der Waals surface area (Å²) in [6, 6.07) is 9.39. The third-order valence-electron chi connectivity index (χ3n) is 2.89. The van der Waals surface area contributed by atoms with Crippen LogP contribution in [0, 0.1) is 10.1 Å². The molecule has 0 bridgehead atoms. The van der Waals surface area contributed by atoms with E-state index in [1.807, 2.05) is 0 Å². The number of nitro benzene ring substituents is 1. The van der Waals surface area contributed by atoms with E-state index in [1.54, 1.807) is 34.9 Å². The predicted molar refractivity (Wildman–Crippen MR) is 70.5 cm³/mol. The number of aldehydes is 1. The molecule has 0 aliphatic rings. The van der Waals surface area contributed by atoms with E-state index in [0.29, 0.717) is 22.6 Å². The maximum atomic E-state index is 10.8. The molecular formula is C13H8N4O3. The summed E-state index contributed by atoms with van der Waals surface area (Å²) in [6.07, 6.45) is 2.38. The Morgan fingerprint density at radius 1 is 1.20 bits per heavy atom. The molecule has 3 rings (SSSR count). The zero-order valence-corrected chi connectivity index (χ0v) is 10.1. The number of pyridine rings is 1. The number of fused-ring (bicyclic) bond motifs is 1. The summed E-state index contributed by atoms with van der Waals surface area (Å²) in [5, 5.41) is 18.8. The molecule has 1 aromatic carbocycles. The van der Waals surface area contributed by atoms with E-state index in [0.717, 1.165) is 6.29 Å². The molecule has 2 aromatic heterocycles. The number of benzene rings is 1. The molecule has 0 N–H and O–H groups in total. The number of nitrogens with zero attached hydrogens (tertiary/aromatic N) is 4. The molecule has 0 saturated carbocycles. The predicted octanol–water partition coefficient (Wildman–Crippen LogP) is 2.12. The molecule has 3 aromatic rings. The van der Waals surface area contributed by atoms with Gasteiger partial charge in [0.25, 0.3) is 5.69 Å². The van der Waals surface area contributed by atoms with Crippen molar-refractivity contribution >= 4 is 17.6 Å². The number of carbonyl (C=O) groups is 1. The van der Waals surface area contributed by atoms with Crippen molar-refractivity contribution in [3.05, 3.63) is 58.3 Å². The fourth-order valence-electron chi connectivity index (χ4n) is 1.94. The second kappa shape index (κ2) is 4.54. The molecule has 98 valence electrons. The first-order valence-electron chi connectivity index (χ1n) is 5.74. The van der Waals surface area contributed by atoms with E-state index < -0.39 is 4.92 Å². The first kappa shape index (κ1) is 12.0. The standard InChI is InChI=1S/C13H8N4O3/c18-8-9-4-5-16-12(6-9)14-15-13(16)10-2-1-3-11(7-10)17(19)20/h1-8H. The van der Waals surface area contributed by atoms with E-state index in [4.69, 9.17) is 0 Å². The second-order valence-electron chi connectivity index (χ2n) is 4.14. The number of nitro groups is 1. The number of aromatic nitrogens is 3. The molecule has 0 aliphatic heterocycles. The fourth-order valence-corrected chi connectivity index (χ4v) is 1.94. The van der Waals surface area contributed by atoms with E-state index in [1.165, 1.54) is 12.1 Å². The Labute approximate surface area is 112 Å². The van der Waals surface area contributed by atoms with Gasteiger partial charge in [0.2, 0.25) is 0 Å². The van der Waals surface area contributed by atoms with Crippen LogP contribution in [0.5, 0.6) is 0 Å². The van der Waals surface area contributed by atoms with Crippen molar-refractivity contribution in [2.45, 2.75) is 0 Å². The minimum atomic E-state index is -0.461. The molecular weight excluding hydrogens is 260 g/mol. The van der Waals surface area contributed by atoms with Crippen LogP contribution in [-0.2, 0) is 0 Å². The van der Waals surface area contributed by atoms with Gasteiger partial charge in [-0.1, -0.05) is 12.1 Å². The van der Waals surface area contributed by atoms with Crippen LogP contribution >= 0.6 is 0 Å². The molecule has 0 saturated heterocycles. The van der Waals surface area contributed by atoms with Crippen molar-refractivity contribution in [3.63, 3.8) is 0 Å². The maximum absolute atomic E-state index is 10.8. The van der Waals surface area contributed by atoms with Crippen molar-refractivity contribution in [3.8, 4) is 11.4 Å². The second-order valence-corrected chi connectivity index (χ2v) is 4.14. The molecule has 0 amide bonds. The van der Waals surface area contributed by atoms with Crippen LogP contribution in [0.25, 0.3) is 17.0 Å². The van der Waals surface area contributed by atoms with Gasteiger partial charge < -0.3 is 0 Å². The lowest BCUT2D eigenvalue weighted by molar-refractivity contribution is -0.384. The number of hydrogen-bond acceptors (Lipinski definition) is 5. The van der Waals surface area contributed by atoms with Crippen LogP contribution in [-0.4, -0.2) is 25.8 Å². The Morgan fingerprint density at radius 3 is 2.80 bits per heavy atom. The van der Waals surface area contributed by atoms with Gasteiger partial charge in [0, 0.05) is 29.5 Å². The van der Waals surface area contributed by atoms with Crippen molar-refractivity contribution in [1.29, 1.82) is 0 Å². The molecule has 0 unspecified atom stereocenters. The average Bonchev–Trinajstić information content (AvgIpc) is 2.90. The van der Waals surface area contributed by atoms with E-state index >= 15 is 0 Å². The SMILES string of the molecule is O=Cc1ccn2c(-c3cccc([N+](=O)[O-])c3)nnc2c1. The van der Waals surface area contributed by atoms with Gasteiger partial charge in [-0.3, -0.25) is 19.3 Å². The summed E-state index contributed by atoms with van der Waals surface area (Å²) in [6.45, 7) is 0. The zero-order valence-electron chi connectivity index (χ0n) is 10.1. The van der Waals surface area contributed by atoms with Crippen LogP contribution in [0.1, 0.15) is 10.4 Å². The first-order chi connectivity index (χ1) is 9.69. The Morgan fingerprint density at radius 2 is 2.05 bits per heavy atom. The summed E-state index contributed by atoms with van der Waals surface area (Å²) in [5.41, 5.74) is 1.58. The van der Waals surface area contributed by atoms with Gasteiger partial charge in [-0.05, 0) is 12.1 Å². The van der Waals surface area contributed by atoms with Crippen molar-refractivity contribution in [2.75, 3.05) is 0 Å². The molecule has 0 aliphatic carbocycles. The summed E-state index contributed by atoms with van der Waals surface area (Å²) in [4.78, 5) is 21.0. The van der Waals surface area contributed by atoms with Gasteiger partial charge in [-0.2, -0.15) is 0 Å². The van der Waals surface area contributed by atoms with Crippen molar-refractivity contribution in [2.24, 2.45) is 0 Å². The summed E-state index contributed by atoms with van der Waals surface area (Å²) in [5.74, 6) is 0.487. The quantitative estimate of drug-likeness (QED) is 0.412. The molecule has 2 heterocycles. The smallest absolute Gasteiger partial charge is 0.270 e. The molecule has 0 atom stereocenters. The molecule has 0 radical (unpaired) electrons. The van der Waals surface area contributed by atoms with Crippen LogP contribution in [0.15, 0.2) is 42.6 Å². The summed E-state index contributed by atoms with van der Waals surface area (Å²) in [7, 11) is 0. The highest BCUT2D eigenvalue weighted by Gasteiger charge is 2.12. The van der Waals surface area contributed by atoms with Crippen molar-refractivity contribution < 1.29 is 9.72 Å². The van der Waals surface area contributed by atoms with E-state index in [-0.39, 0.29) is 5.69 Å². The zero-order chi connectivity index (χ0) is 14.1. The van der Waals surface area contributed by atoms with Gasteiger partial charge in [0.1, 0.15) is 6.29 Å². The number of rotatable bonds is 3. The van der Waals surface area contributed by atoms with Crippen LogP contribution in [0.2, 0.25) is 0 Å². The maximum Gasteiger partial charge on any atom is 0.270 e. The minimum absolute atomic E-state index is 0.0104.